The summed E-state index contributed by atoms with van der Waals surface area (Å²) in [6.07, 6.45) is 0. The number of hydrogen-bond acceptors (Lipinski definition) is 3. The Kier molecular flexibility index (Phi) is 6.07. The van der Waals surface area contributed by atoms with Gasteiger partial charge in [-0.1, -0.05) is 22.0 Å². The highest BCUT2D eigenvalue weighted by atomic mass is 79.9. The highest BCUT2D eigenvalue weighted by Crippen LogP contribution is 2.33. The molecule has 0 unspecified atom stereocenters. The summed E-state index contributed by atoms with van der Waals surface area (Å²) in [7, 11) is 0. The number of ether oxygens (including phenoxy) is 1. The first-order valence-corrected chi connectivity index (χ1v) is 8.70. The molecule has 0 aliphatic rings. The van der Waals surface area contributed by atoms with Gasteiger partial charge in [-0.25, -0.2) is 4.79 Å². The standard InChI is InChI=1S/C17H17Br2NO3/c1-3-23-16-11(7-12(18)8-14(16)19)9-20-15-6-4-5-13(10(15)2)17(21)22/h4-8,20H,3,9H2,1-2H3,(H,21,22). The molecule has 0 heterocycles. The lowest BCUT2D eigenvalue weighted by molar-refractivity contribution is 0.0696. The molecule has 23 heavy (non-hydrogen) atoms. The molecule has 0 atom stereocenters. The van der Waals surface area contributed by atoms with E-state index < -0.39 is 5.97 Å². The fourth-order valence-corrected chi connectivity index (χ4v) is 3.73. The summed E-state index contributed by atoms with van der Waals surface area (Å²) >= 11 is 6.99. The van der Waals surface area contributed by atoms with Crippen molar-refractivity contribution < 1.29 is 14.6 Å². The largest absolute Gasteiger partial charge is 0.492 e. The fourth-order valence-electron chi connectivity index (χ4n) is 2.30. The van der Waals surface area contributed by atoms with E-state index in [0.29, 0.717) is 24.3 Å². The zero-order chi connectivity index (χ0) is 17.0. The Morgan fingerprint density at radius 2 is 2.04 bits per heavy atom. The van der Waals surface area contributed by atoms with Crippen molar-refractivity contribution in [1.82, 2.24) is 0 Å². The van der Waals surface area contributed by atoms with Gasteiger partial charge in [-0.15, -0.1) is 0 Å². The third-order valence-electron chi connectivity index (χ3n) is 3.41. The van der Waals surface area contributed by atoms with Crippen LogP contribution in [0.5, 0.6) is 5.75 Å². The fraction of sp³-hybridized carbons (Fsp3) is 0.235. The van der Waals surface area contributed by atoms with Gasteiger partial charge in [0.15, 0.2) is 0 Å². The van der Waals surface area contributed by atoms with Crippen LogP contribution in [0.4, 0.5) is 5.69 Å². The van der Waals surface area contributed by atoms with E-state index in [0.717, 1.165) is 25.9 Å². The average Bonchev–Trinajstić information content (AvgIpc) is 2.49. The second-order valence-electron chi connectivity index (χ2n) is 4.95. The molecule has 0 amide bonds. The van der Waals surface area contributed by atoms with Gasteiger partial charge < -0.3 is 15.2 Å². The van der Waals surface area contributed by atoms with Crippen molar-refractivity contribution in [3.05, 3.63) is 56.0 Å². The van der Waals surface area contributed by atoms with Crippen LogP contribution < -0.4 is 10.1 Å². The van der Waals surface area contributed by atoms with Crippen LogP contribution in [0.15, 0.2) is 39.3 Å². The number of hydrogen-bond donors (Lipinski definition) is 2. The lowest BCUT2D eigenvalue weighted by atomic mass is 10.1. The van der Waals surface area contributed by atoms with Crippen LogP contribution in [-0.4, -0.2) is 17.7 Å². The zero-order valence-corrected chi connectivity index (χ0v) is 16.0. The summed E-state index contributed by atoms with van der Waals surface area (Å²) in [5.74, 6) is -0.137. The molecule has 0 radical (unpaired) electrons. The van der Waals surface area contributed by atoms with Crippen molar-refractivity contribution in [2.45, 2.75) is 20.4 Å². The predicted molar refractivity (Wildman–Crippen MR) is 98.5 cm³/mol. The van der Waals surface area contributed by atoms with Gasteiger partial charge in [0.1, 0.15) is 5.75 Å². The van der Waals surface area contributed by atoms with Crippen molar-refractivity contribution in [1.29, 1.82) is 0 Å². The van der Waals surface area contributed by atoms with Gasteiger partial charge in [0.05, 0.1) is 16.6 Å². The van der Waals surface area contributed by atoms with Crippen LogP contribution in [0.3, 0.4) is 0 Å². The Hall–Kier alpha value is -1.53. The van der Waals surface area contributed by atoms with Crippen molar-refractivity contribution in [2.75, 3.05) is 11.9 Å². The number of carboxylic acids is 1. The van der Waals surface area contributed by atoms with Gasteiger partial charge in [-0.3, -0.25) is 0 Å². The van der Waals surface area contributed by atoms with Crippen LogP contribution in [0, 0.1) is 6.92 Å². The number of aromatic carboxylic acids is 1. The Balaban J connectivity index is 2.28. The van der Waals surface area contributed by atoms with E-state index in [1.807, 2.05) is 25.1 Å². The summed E-state index contributed by atoms with van der Waals surface area (Å²) < 4.78 is 7.52. The van der Waals surface area contributed by atoms with E-state index in [-0.39, 0.29) is 0 Å². The Labute approximate surface area is 152 Å². The molecule has 0 saturated heterocycles. The van der Waals surface area contributed by atoms with E-state index in [4.69, 9.17) is 4.74 Å². The minimum absolute atomic E-state index is 0.301. The molecule has 0 aliphatic carbocycles. The summed E-state index contributed by atoms with van der Waals surface area (Å²) in [5, 5.41) is 12.5. The van der Waals surface area contributed by atoms with Crippen LogP contribution in [0.2, 0.25) is 0 Å². The van der Waals surface area contributed by atoms with Crippen LogP contribution in [-0.2, 0) is 6.54 Å². The molecule has 0 saturated carbocycles. The van der Waals surface area contributed by atoms with Crippen molar-refractivity contribution in [2.24, 2.45) is 0 Å². The minimum atomic E-state index is -0.925. The molecular weight excluding hydrogens is 426 g/mol. The zero-order valence-electron chi connectivity index (χ0n) is 12.8. The SMILES string of the molecule is CCOc1c(Br)cc(Br)cc1CNc1cccc(C(=O)O)c1C. The van der Waals surface area contributed by atoms with Gasteiger partial charge in [0.25, 0.3) is 0 Å². The van der Waals surface area contributed by atoms with E-state index in [1.54, 1.807) is 19.1 Å². The molecular formula is C17H17Br2NO3. The minimum Gasteiger partial charge on any atom is -0.492 e. The molecule has 0 spiro atoms. The average molecular weight is 443 g/mol. The summed E-state index contributed by atoms with van der Waals surface area (Å²) in [6, 6.07) is 9.13. The highest BCUT2D eigenvalue weighted by molar-refractivity contribution is 9.11. The molecule has 122 valence electrons. The first kappa shape index (κ1) is 17.8. The van der Waals surface area contributed by atoms with E-state index in [1.165, 1.54) is 0 Å². The first-order chi connectivity index (χ1) is 10.9. The number of anilines is 1. The smallest absolute Gasteiger partial charge is 0.336 e. The Bertz CT molecular complexity index is 732. The van der Waals surface area contributed by atoms with Crippen LogP contribution in [0.1, 0.15) is 28.4 Å². The molecule has 2 rings (SSSR count). The van der Waals surface area contributed by atoms with E-state index in [2.05, 4.69) is 37.2 Å². The maximum Gasteiger partial charge on any atom is 0.336 e. The molecule has 4 nitrogen and oxygen atoms in total. The molecule has 0 aliphatic heterocycles. The summed E-state index contributed by atoms with van der Waals surface area (Å²) in [4.78, 5) is 11.2. The molecule has 0 aromatic heterocycles. The van der Waals surface area contributed by atoms with E-state index in [9.17, 15) is 9.90 Å². The monoisotopic (exact) mass is 441 g/mol. The maximum atomic E-state index is 11.2. The van der Waals surface area contributed by atoms with Gasteiger partial charge in [-0.2, -0.15) is 0 Å². The number of rotatable bonds is 6. The maximum absolute atomic E-state index is 11.2. The third kappa shape index (κ3) is 4.26. The van der Waals surface area contributed by atoms with Gasteiger partial charge in [-0.05, 0) is 59.6 Å². The topological polar surface area (TPSA) is 58.6 Å². The normalized spacial score (nSPS) is 10.4. The molecule has 0 fully saturated rings. The molecule has 0 bridgehead atoms. The Morgan fingerprint density at radius 1 is 1.30 bits per heavy atom. The van der Waals surface area contributed by atoms with Crippen molar-refractivity contribution >= 4 is 43.5 Å². The lowest BCUT2D eigenvalue weighted by Gasteiger charge is -2.16. The number of nitrogens with one attached hydrogen (secondary N) is 1. The number of carboxylic acid groups (broad SMARTS) is 1. The summed E-state index contributed by atoms with van der Waals surface area (Å²) in [6.45, 7) is 4.83. The molecule has 2 aromatic rings. The second-order valence-corrected chi connectivity index (χ2v) is 6.72. The van der Waals surface area contributed by atoms with Gasteiger partial charge >= 0.3 is 5.97 Å². The first-order valence-electron chi connectivity index (χ1n) is 7.11. The van der Waals surface area contributed by atoms with Gasteiger partial charge in [0.2, 0.25) is 0 Å². The molecule has 6 heteroatoms. The summed E-state index contributed by atoms with van der Waals surface area (Å²) in [5.41, 5.74) is 2.79. The second kappa shape index (κ2) is 7.84. The quantitative estimate of drug-likeness (QED) is 0.643. The van der Waals surface area contributed by atoms with Crippen molar-refractivity contribution in [3.63, 3.8) is 0 Å². The predicted octanol–water partition coefficient (Wildman–Crippen LogP) is 5.23. The molecule has 2 aromatic carbocycles. The Morgan fingerprint density at radius 3 is 2.70 bits per heavy atom. The van der Waals surface area contributed by atoms with Gasteiger partial charge in [0, 0.05) is 22.3 Å². The number of halogens is 2. The lowest BCUT2D eigenvalue weighted by Crippen LogP contribution is -2.07. The van der Waals surface area contributed by atoms with Crippen LogP contribution >= 0.6 is 31.9 Å². The highest BCUT2D eigenvalue weighted by Gasteiger charge is 2.13. The number of benzene rings is 2. The van der Waals surface area contributed by atoms with E-state index >= 15 is 0 Å². The number of carbonyl (C=O) groups is 1. The van der Waals surface area contributed by atoms with Crippen molar-refractivity contribution in [3.8, 4) is 5.75 Å². The van der Waals surface area contributed by atoms with Crippen LogP contribution in [0.25, 0.3) is 0 Å². The molecule has 2 N–H and O–H groups in total. The third-order valence-corrected chi connectivity index (χ3v) is 4.45.